The van der Waals surface area contributed by atoms with Gasteiger partial charge in [0.25, 0.3) is 0 Å². The molecule has 1 aliphatic rings. The first-order valence-electron chi connectivity index (χ1n) is 6.85. The van der Waals surface area contributed by atoms with Crippen LogP contribution in [-0.2, 0) is 15.6 Å². The molecular formula is C13H26N2O2S. The van der Waals surface area contributed by atoms with E-state index in [0.29, 0.717) is 18.4 Å². The van der Waals surface area contributed by atoms with Crippen molar-refractivity contribution < 1.29 is 9.00 Å². The summed E-state index contributed by atoms with van der Waals surface area (Å²) in [4.78, 5) is 11.5. The summed E-state index contributed by atoms with van der Waals surface area (Å²) in [6.45, 7) is 6.85. The minimum absolute atomic E-state index is 0.0183. The first kappa shape index (κ1) is 15.6. The van der Waals surface area contributed by atoms with Crippen molar-refractivity contribution in [3.05, 3.63) is 0 Å². The number of nitrogens with one attached hydrogen (secondary N) is 1. The summed E-state index contributed by atoms with van der Waals surface area (Å²) in [5, 5.41) is 2.67. The maximum atomic E-state index is 12.2. The van der Waals surface area contributed by atoms with E-state index in [0.717, 1.165) is 19.3 Å². The summed E-state index contributed by atoms with van der Waals surface area (Å²) in [7, 11) is -1.14. The van der Waals surface area contributed by atoms with Crippen LogP contribution in [0.3, 0.4) is 0 Å². The molecule has 1 fully saturated rings. The van der Waals surface area contributed by atoms with Gasteiger partial charge in [-0.1, -0.05) is 13.8 Å². The molecule has 4 atom stereocenters. The molecule has 0 spiro atoms. The molecule has 1 saturated carbocycles. The molecule has 106 valence electrons. The number of carbonyl (C=O) groups excluding carboxylic acids is 1. The van der Waals surface area contributed by atoms with Crippen LogP contribution in [0, 0.1) is 11.8 Å². The summed E-state index contributed by atoms with van der Waals surface area (Å²) < 4.78 is 12.2. The molecule has 18 heavy (non-hydrogen) atoms. The lowest BCUT2D eigenvalue weighted by Gasteiger charge is -2.35. The predicted molar refractivity (Wildman–Crippen MR) is 75.6 cm³/mol. The third-order valence-corrected chi connectivity index (χ3v) is 5.58. The van der Waals surface area contributed by atoms with Crippen LogP contribution in [0.5, 0.6) is 0 Å². The number of amides is 1. The highest BCUT2D eigenvalue weighted by atomic mass is 32.2. The standard InChI is InChI=1S/C13H26N2O2S/c1-4-15-13(16)8-18(17)12-7-10(9(2)3)5-6-11(12)14/h9-12H,4-8,14H2,1-3H3,(H,15,16). The zero-order valence-electron chi connectivity index (χ0n) is 11.6. The molecule has 4 unspecified atom stereocenters. The van der Waals surface area contributed by atoms with Crippen LogP contribution < -0.4 is 11.1 Å². The van der Waals surface area contributed by atoms with E-state index in [4.69, 9.17) is 5.73 Å². The van der Waals surface area contributed by atoms with E-state index in [1.54, 1.807) is 0 Å². The number of rotatable bonds is 5. The fourth-order valence-corrected chi connectivity index (χ4v) is 4.14. The number of carbonyl (C=O) groups is 1. The largest absolute Gasteiger partial charge is 0.356 e. The average Bonchev–Trinajstić information content (AvgIpc) is 2.29. The summed E-state index contributed by atoms with van der Waals surface area (Å²) in [5.74, 6) is 1.15. The second-order valence-electron chi connectivity index (χ2n) is 5.50. The van der Waals surface area contributed by atoms with E-state index in [1.165, 1.54) is 0 Å². The lowest BCUT2D eigenvalue weighted by molar-refractivity contribution is -0.118. The highest BCUT2D eigenvalue weighted by Gasteiger charge is 2.33. The van der Waals surface area contributed by atoms with Crippen molar-refractivity contribution in [2.24, 2.45) is 17.6 Å². The third-order valence-electron chi connectivity index (χ3n) is 3.81. The van der Waals surface area contributed by atoms with Crippen LogP contribution in [0.15, 0.2) is 0 Å². The third kappa shape index (κ3) is 4.35. The van der Waals surface area contributed by atoms with E-state index in [-0.39, 0.29) is 23.0 Å². The maximum absolute atomic E-state index is 12.2. The Kier molecular flexibility index (Phi) is 6.29. The van der Waals surface area contributed by atoms with Crippen molar-refractivity contribution in [1.29, 1.82) is 0 Å². The Morgan fingerprint density at radius 3 is 2.67 bits per heavy atom. The van der Waals surface area contributed by atoms with Gasteiger partial charge >= 0.3 is 0 Å². The topological polar surface area (TPSA) is 72.2 Å². The lowest BCUT2D eigenvalue weighted by atomic mass is 9.79. The SMILES string of the molecule is CCNC(=O)CS(=O)C1CC(C(C)C)CCC1N. The van der Waals surface area contributed by atoms with Crippen LogP contribution in [-0.4, -0.2) is 33.7 Å². The van der Waals surface area contributed by atoms with Gasteiger partial charge in [-0.2, -0.15) is 0 Å². The molecule has 0 aromatic carbocycles. The number of nitrogens with two attached hydrogens (primary N) is 1. The Morgan fingerprint density at radius 1 is 1.44 bits per heavy atom. The van der Waals surface area contributed by atoms with Gasteiger partial charge < -0.3 is 11.1 Å². The highest BCUT2D eigenvalue weighted by Crippen LogP contribution is 2.31. The maximum Gasteiger partial charge on any atom is 0.232 e. The first-order valence-corrected chi connectivity index (χ1v) is 8.23. The van der Waals surface area contributed by atoms with Gasteiger partial charge in [-0.25, -0.2) is 0 Å². The number of hydrogen-bond donors (Lipinski definition) is 2. The zero-order chi connectivity index (χ0) is 13.7. The Balaban J connectivity index is 2.56. The van der Waals surface area contributed by atoms with E-state index >= 15 is 0 Å². The molecule has 0 radical (unpaired) electrons. The molecule has 0 aromatic heterocycles. The van der Waals surface area contributed by atoms with Crippen molar-refractivity contribution in [2.75, 3.05) is 12.3 Å². The lowest BCUT2D eigenvalue weighted by Crippen LogP contribution is -2.46. The van der Waals surface area contributed by atoms with Gasteiger partial charge in [-0.05, 0) is 38.0 Å². The van der Waals surface area contributed by atoms with Crippen LogP contribution in [0.2, 0.25) is 0 Å². The van der Waals surface area contributed by atoms with Gasteiger partial charge in [0.1, 0.15) is 5.75 Å². The quantitative estimate of drug-likeness (QED) is 0.786. The molecule has 3 N–H and O–H groups in total. The zero-order valence-corrected chi connectivity index (χ0v) is 12.5. The smallest absolute Gasteiger partial charge is 0.232 e. The van der Waals surface area contributed by atoms with E-state index < -0.39 is 10.8 Å². The Bertz CT molecular complexity index is 307. The van der Waals surface area contributed by atoms with Gasteiger partial charge in [-0.15, -0.1) is 0 Å². The molecule has 0 saturated heterocycles. The van der Waals surface area contributed by atoms with Crippen molar-refractivity contribution in [1.82, 2.24) is 5.32 Å². The highest BCUT2D eigenvalue weighted by molar-refractivity contribution is 7.86. The van der Waals surface area contributed by atoms with Crippen molar-refractivity contribution >= 4 is 16.7 Å². The molecule has 0 bridgehead atoms. The fraction of sp³-hybridized carbons (Fsp3) is 0.923. The van der Waals surface area contributed by atoms with Crippen molar-refractivity contribution in [2.45, 2.75) is 51.3 Å². The fourth-order valence-electron chi connectivity index (χ4n) is 2.58. The number of hydrogen-bond acceptors (Lipinski definition) is 3. The second-order valence-corrected chi connectivity index (χ2v) is 7.15. The van der Waals surface area contributed by atoms with Gasteiger partial charge in [0.2, 0.25) is 5.91 Å². The Morgan fingerprint density at radius 2 is 2.11 bits per heavy atom. The summed E-state index contributed by atoms with van der Waals surface area (Å²) in [6.07, 6.45) is 2.94. The second kappa shape index (κ2) is 7.24. The molecule has 1 aliphatic carbocycles. The summed E-state index contributed by atoms with van der Waals surface area (Å²) >= 11 is 0. The Hall–Kier alpha value is -0.420. The van der Waals surface area contributed by atoms with Crippen molar-refractivity contribution in [3.63, 3.8) is 0 Å². The molecule has 1 amide bonds. The average molecular weight is 274 g/mol. The molecule has 0 heterocycles. The van der Waals surface area contributed by atoms with Crippen LogP contribution in [0.25, 0.3) is 0 Å². The normalized spacial score (nSPS) is 30.2. The van der Waals surface area contributed by atoms with Gasteiger partial charge in [-0.3, -0.25) is 9.00 Å². The van der Waals surface area contributed by atoms with E-state index in [9.17, 15) is 9.00 Å². The summed E-state index contributed by atoms with van der Waals surface area (Å²) in [6, 6.07) is -0.0183. The molecule has 0 aromatic rings. The minimum atomic E-state index is -1.14. The Labute approximate surface area is 113 Å². The predicted octanol–water partition coefficient (Wildman–Crippen LogP) is 1.02. The molecule has 1 rings (SSSR count). The monoisotopic (exact) mass is 274 g/mol. The van der Waals surface area contributed by atoms with Crippen LogP contribution in [0.1, 0.15) is 40.0 Å². The molecule has 5 heteroatoms. The van der Waals surface area contributed by atoms with Crippen LogP contribution >= 0.6 is 0 Å². The van der Waals surface area contributed by atoms with Crippen molar-refractivity contribution in [3.8, 4) is 0 Å². The molecular weight excluding hydrogens is 248 g/mol. The minimum Gasteiger partial charge on any atom is -0.356 e. The van der Waals surface area contributed by atoms with E-state index in [1.807, 2.05) is 6.92 Å². The first-order chi connectivity index (χ1) is 8.45. The molecule has 0 aliphatic heterocycles. The van der Waals surface area contributed by atoms with Gasteiger partial charge in [0.05, 0.1) is 5.25 Å². The summed E-state index contributed by atoms with van der Waals surface area (Å²) in [5.41, 5.74) is 6.07. The molecule has 4 nitrogen and oxygen atoms in total. The van der Waals surface area contributed by atoms with Crippen LogP contribution in [0.4, 0.5) is 0 Å². The van der Waals surface area contributed by atoms with Gasteiger partial charge in [0.15, 0.2) is 0 Å². The van der Waals surface area contributed by atoms with E-state index in [2.05, 4.69) is 19.2 Å². The van der Waals surface area contributed by atoms with Gasteiger partial charge in [0, 0.05) is 23.4 Å².